The van der Waals surface area contributed by atoms with Gasteiger partial charge in [-0.1, -0.05) is 6.07 Å². The van der Waals surface area contributed by atoms with Crippen LogP contribution in [0.1, 0.15) is 12.1 Å². The minimum absolute atomic E-state index is 0.186. The molecule has 1 aliphatic rings. The summed E-state index contributed by atoms with van der Waals surface area (Å²) in [6.07, 6.45) is 2.95. The van der Waals surface area contributed by atoms with Gasteiger partial charge >= 0.3 is 0 Å². The van der Waals surface area contributed by atoms with Crippen LogP contribution in [0.3, 0.4) is 0 Å². The molecule has 0 N–H and O–H groups in total. The number of ether oxygens (including phenoxy) is 1. The highest BCUT2D eigenvalue weighted by Gasteiger charge is 2.17. The van der Waals surface area contributed by atoms with Gasteiger partial charge in [0.1, 0.15) is 5.01 Å². The number of rotatable bonds is 4. The van der Waals surface area contributed by atoms with Crippen molar-refractivity contribution in [1.29, 1.82) is 0 Å². The molecule has 0 saturated carbocycles. The Bertz CT molecular complexity index is 594. The van der Waals surface area contributed by atoms with Crippen molar-refractivity contribution in [3.63, 3.8) is 0 Å². The summed E-state index contributed by atoms with van der Waals surface area (Å²) in [5.74, 6) is 0.186. The lowest BCUT2D eigenvalue weighted by Crippen LogP contribution is -2.40. The Kier molecular flexibility index (Phi) is 4.57. The Balaban J connectivity index is 1.56. The molecule has 0 bridgehead atoms. The lowest BCUT2D eigenvalue weighted by molar-refractivity contribution is -0.135. The van der Waals surface area contributed by atoms with E-state index in [4.69, 9.17) is 4.74 Å². The number of morpholine rings is 1. The van der Waals surface area contributed by atoms with Crippen molar-refractivity contribution in [2.24, 2.45) is 0 Å². The number of carbonyl (C=O) groups excluding carboxylic acids is 1. The largest absolute Gasteiger partial charge is 0.378 e. The Hall–Kier alpha value is -1.79. The Labute approximate surface area is 127 Å². The molecule has 3 heterocycles. The minimum Gasteiger partial charge on any atom is -0.378 e. The van der Waals surface area contributed by atoms with Gasteiger partial charge in [0, 0.05) is 31.1 Å². The van der Waals surface area contributed by atoms with E-state index in [-0.39, 0.29) is 5.91 Å². The van der Waals surface area contributed by atoms with Crippen molar-refractivity contribution in [2.45, 2.75) is 12.8 Å². The van der Waals surface area contributed by atoms with Crippen molar-refractivity contribution in [3.8, 4) is 10.7 Å². The molecule has 0 aliphatic carbocycles. The molecule has 0 aromatic carbocycles. The van der Waals surface area contributed by atoms with E-state index in [1.165, 1.54) is 0 Å². The summed E-state index contributed by atoms with van der Waals surface area (Å²) in [7, 11) is 0. The van der Waals surface area contributed by atoms with Crippen molar-refractivity contribution >= 4 is 17.2 Å². The standard InChI is InChI=1S/C15H17N3O2S/c19-14(18-7-9-20-10-8-18)5-4-12-11-21-15(17-12)13-3-1-2-6-16-13/h1-3,6,11H,4-5,7-10H2. The van der Waals surface area contributed by atoms with Gasteiger partial charge in [0.25, 0.3) is 0 Å². The maximum Gasteiger partial charge on any atom is 0.223 e. The zero-order valence-electron chi connectivity index (χ0n) is 11.7. The van der Waals surface area contributed by atoms with Crippen LogP contribution in [0.2, 0.25) is 0 Å². The van der Waals surface area contributed by atoms with E-state index in [9.17, 15) is 4.79 Å². The monoisotopic (exact) mass is 303 g/mol. The molecule has 110 valence electrons. The molecule has 1 fully saturated rings. The SMILES string of the molecule is O=C(CCc1csc(-c2ccccn2)n1)N1CCOCC1. The smallest absolute Gasteiger partial charge is 0.223 e. The third-order valence-corrected chi connectivity index (χ3v) is 4.31. The number of aryl methyl sites for hydroxylation is 1. The van der Waals surface area contributed by atoms with Crippen LogP contribution in [0, 0.1) is 0 Å². The fourth-order valence-electron chi connectivity index (χ4n) is 2.23. The predicted octanol–water partition coefficient (Wildman–Crippen LogP) is 2.00. The summed E-state index contributed by atoms with van der Waals surface area (Å²) in [6.45, 7) is 2.70. The van der Waals surface area contributed by atoms with Gasteiger partial charge < -0.3 is 9.64 Å². The van der Waals surface area contributed by atoms with Gasteiger partial charge in [-0.3, -0.25) is 9.78 Å². The number of amides is 1. The highest BCUT2D eigenvalue weighted by atomic mass is 32.1. The van der Waals surface area contributed by atoms with Crippen LogP contribution in [-0.2, 0) is 16.0 Å². The van der Waals surface area contributed by atoms with E-state index in [1.807, 2.05) is 28.5 Å². The summed E-state index contributed by atoms with van der Waals surface area (Å²) in [6, 6.07) is 5.78. The third kappa shape index (κ3) is 3.65. The van der Waals surface area contributed by atoms with Crippen LogP contribution in [0.4, 0.5) is 0 Å². The summed E-state index contributed by atoms with van der Waals surface area (Å²) in [5, 5.41) is 2.92. The molecule has 2 aromatic rings. The quantitative estimate of drug-likeness (QED) is 0.867. The summed E-state index contributed by atoms with van der Waals surface area (Å²) in [4.78, 5) is 22.8. The third-order valence-electron chi connectivity index (χ3n) is 3.39. The first-order valence-electron chi connectivity index (χ1n) is 7.04. The average Bonchev–Trinajstić information content (AvgIpc) is 3.03. The zero-order valence-corrected chi connectivity index (χ0v) is 12.5. The summed E-state index contributed by atoms with van der Waals surface area (Å²) in [5.41, 5.74) is 1.84. The van der Waals surface area contributed by atoms with Crippen LogP contribution in [-0.4, -0.2) is 47.1 Å². The van der Waals surface area contributed by atoms with Crippen LogP contribution in [0.15, 0.2) is 29.8 Å². The Morgan fingerprint density at radius 1 is 1.33 bits per heavy atom. The highest BCUT2D eigenvalue weighted by molar-refractivity contribution is 7.13. The van der Waals surface area contributed by atoms with Crippen LogP contribution < -0.4 is 0 Å². The second-order valence-corrected chi connectivity index (χ2v) is 5.71. The fourth-order valence-corrected chi connectivity index (χ4v) is 3.06. The number of aromatic nitrogens is 2. The van der Waals surface area contributed by atoms with Crippen molar-refractivity contribution in [1.82, 2.24) is 14.9 Å². The second kappa shape index (κ2) is 6.78. The molecular weight excluding hydrogens is 286 g/mol. The van der Waals surface area contributed by atoms with Crippen LogP contribution in [0.5, 0.6) is 0 Å². The van der Waals surface area contributed by atoms with Gasteiger partial charge in [0.05, 0.1) is 24.6 Å². The Morgan fingerprint density at radius 3 is 2.95 bits per heavy atom. The molecule has 0 spiro atoms. The molecular formula is C15H17N3O2S. The molecule has 1 aliphatic heterocycles. The summed E-state index contributed by atoms with van der Waals surface area (Å²) < 4.78 is 5.25. The van der Waals surface area contributed by atoms with E-state index in [0.717, 1.165) is 16.4 Å². The molecule has 5 nitrogen and oxygen atoms in total. The average molecular weight is 303 g/mol. The zero-order chi connectivity index (χ0) is 14.5. The van der Waals surface area contributed by atoms with Crippen LogP contribution in [0.25, 0.3) is 10.7 Å². The lowest BCUT2D eigenvalue weighted by Gasteiger charge is -2.26. The molecule has 21 heavy (non-hydrogen) atoms. The first-order valence-corrected chi connectivity index (χ1v) is 7.92. The van der Waals surface area contributed by atoms with Gasteiger partial charge in [-0.25, -0.2) is 4.98 Å². The molecule has 0 unspecified atom stereocenters. The Morgan fingerprint density at radius 2 is 2.19 bits per heavy atom. The fraction of sp³-hybridized carbons (Fsp3) is 0.400. The first kappa shape index (κ1) is 14.2. The van der Waals surface area contributed by atoms with Crippen molar-refractivity contribution in [3.05, 3.63) is 35.5 Å². The maximum absolute atomic E-state index is 12.1. The van der Waals surface area contributed by atoms with Gasteiger partial charge in [-0.15, -0.1) is 11.3 Å². The molecule has 3 rings (SSSR count). The van der Waals surface area contributed by atoms with Gasteiger partial charge in [0.2, 0.25) is 5.91 Å². The predicted molar refractivity (Wildman–Crippen MR) is 81.1 cm³/mol. The van der Waals surface area contributed by atoms with E-state index in [0.29, 0.717) is 39.1 Å². The topological polar surface area (TPSA) is 55.3 Å². The van der Waals surface area contributed by atoms with E-state index in [2.05, 4.69) is 9.97 Å². The number of pyridine rings is 1. The maximum atomic E-state index is 12.1. The van der Waals surface area contributed by atoms with Crippen LogP contribution >= 0.6 is 11.3 Å². The number of nitrogens with zero attached hydrogens (tertiary/aromatic N) is 3. The number of thiazole rings is 1. The van der Waals surface area contributed by atoms with E-state index in [1.54, 1.807) is 17.5 Å². The van der Waals surface area contributed by atoms with Gasteiger partial charge in [-0.05, 0) is 18.6 Å². The summed E-state index contributed by atoms with van der Waals surface area (Å²) >= 11 is 1.57. The normalized spacial score (nSPS) is 15.1. The highest BCUT2D eigenvalue weighted by Crippen LogP contribution is 2.22. The van der Waals surface area contributed by atoms with Gasteiger partial charge in [-0.2, -0.15) is 0 Å². The molecule has 1 amide bonds. The minimum atomic E-state index is 0.186. The van der Waals surface area contributed by atoms with E-state index < -0.39 is 0 Å². The van der Waals surface area contributed by atoms with Gasteiger partial charge in [0.15, 0.2) is 0 Å². The lowest BCUT2D eigenvalue weighted by atomic mass is 10.2. The molecule has 6 heteroatoms. The molecule has 1 saturated heterocycles. The second-order valence-electron chi connectivity index (χ2n) is 4.85. The molecule has 2 aromatic heterocycles. The van der Waals surface area contributed by atoms with E-state index >= 15 is 0 Å². The molecule has 0 radical (unpaired) electrons. The van der Waals surface area contributed by atoms with Crippen molar-refractivity contribution < 1.29 is 9.53 Å². The number of hydrogen-bond donors (Lipinski definition) is 0. The number of carbonyl (C=O) groups is 1. The van der Waals surface area contributed by atoms with Crippen molar-refractivity contribution in [2.75, 3.05) is 26.3 Å². The molecule has 0 atom stereocenters. The number of hydrogen-bond acceptors (Lipinski definition) is 5. The first-order chi connectivity index (χ1) is 10.3.